The molecule has 1 fully saturated rings. The second kappa shape index (κ2) is 4.82. The third-order valence-electron chi connectivity index (χ3n) is 3.01. The lowest BCUT2D eigenvalue weighted by Gasteiger charge is -2.37. The molecule has 2 atom stereocenters. The lowest BCUT2D eigenvalue weighted by atomic mass is 9.72. The Kier molecular flexibility index (Phi) is 4.71. The van der Waals surface area contributed by atoms with Crippen LogP contribution in [0.1, 0.15) is 39.0 Å². The standard InChI is InChI=1S/C9H17NO2.ClH/c1-2-7-5-3-4-6-9(7,10)8(11)12;/h7H,2-6,10H2,1H3,(H,11,12);1H. The van der Waals surface area contributed by atoms with Gasteiger partial charge in [-0.05, 0) is 18.8 Å². The first kappa shape index (κ1) is 12.7. The van der Waals surface area contributed by atoms with Gasteiger partial charge < -0.3 is 10.8 Å². The predicted molar refractivity (Wildman–Crippen MR) is 54.1 cm³/mol. The summed E-state index contributed by atoms with van der Waals surface area (Å²) in [6.45, 7) is 2.01. The van der Waals surface area contributed by atoms with Crippen LogP contribution in [-0.4, -0.2) is 16.6 Å². The minimum absolute atomic E-state index is 0. The Bertz CT molecular complexity index is 186. The maximum atomic E-state index is 10.9. The number of carboxylic acid groups (broad SMARTS) is 1. The topological polar surface area (TPSA) is 63.3 Å². The number of nitrogens with two attached hydrogens (primary N) is 1. The zero-order valence-corrected chi connectivity index (χ0v) is 8.77. The molecule has 13 heavy (non-hydrogen) atoms. The van der Waals surface area contributed by atoms with Gasteiger partial charge >= 0.3 is 5.97 Å². The molecule has 0 saturated heterocycles. The largest absolute Gasteiger partial charge is 0.480 e. The number of carboxylic acids is 1. The van der Waals surface area contributed by atoms with Crippen LogP contribution in [0.15, 0.2) is 0 Å². The lowest BCUT2D eigenvalue weighted by Crippen LogP contribution is -2.55. The van der Waals surface area contributed by atoms with Crippen molar-refractivity contribution in [1.82, 2.24) is 0 Å². The highest BCUT2D eigenvalue weighted by atomic mass is 35.5. The predicted octanol–water partition coefficient (Wildman–Crippen LogP) is 1.79. The van der Waals surface area contributed by atoms with Crippen LogP contribution in [0.25, 0.3) is 0 Å². The molecule has 3 nitrogen and oxygen atoms in total. The fourth-order valence-corrected chi connectivity index (χ4v) is 2.12. The molecule has 0 bridgehead atoms. The summed E-state index contributed by atoms with van der Waals surface area (Å²) in [4.78, 5) is 10.9. The Morgan fingerprint density at radius 2 is 2.23 bits per heavy atom. The van der Waals surface area contributed by atoms with Crippen LogP contribution >= 0.6 is 12.4 Å². The second-order valence-electron chi connectivity index (χ2n) is 3.70. The Morgan fingerprint density at radius 1 is 1.62 bits per heavy atom. The first-order valence-corrected chi connectivity index (χ1v) is 4.63. The van der Waals surface area contributed by atoms with E-state index < -0.39 is 11.5 Å². The highest BCUT2D eigenvalue weighted by Crippen LogP contribution is 2.34. The number of carbonyl (C=O) groups is 1. The van der Waals surface area contributed by atoms with E-state index in [4.69, 9.17) is 10.8 Å². The van der Waals surface area contributed by atoms with Crippen molar-refractivity contribution in [2.24, 2.45) is 11.7 Å². The molecule has 1 aliphatic carbocycles. The minimum Gasteiger partial charge on any atom is -0.480 e. The van der Waals surface area contributed by atoms with Gasteiger partial charge in [0, 0.05) is 0 Å². The van der Waals surface area contributed by atoms with Crippen molar-refractivity contribution >= 4 is 18.4 Å². The van der Waals surface area contributed by atoms with Gasteiger partial charge in [0.05, 0.1) is 0 Å². The maximum Gasteiger partial charge on any atom is 0.323 e. The molecular formula is C9H18ClNO2. The van der Waals surface area contributed by atoms with Gasteiger partial charge in [0.2, 0.25) is 0 Å². The molecule has 0 aromatic heterocycles. The van der Waals surface area contributed by atoms with Crippen molar-refractivity contribution in [3.05, 3.63) is 0 Å². The second-order valence-corrected chi connectivity index (χ2v) is 3.70. The fraction of sp³-hybridized carbons (Fsp3) is 0.889. The highest BCUT2D eigenvalue weighted by molar-refractivity contribution is 5.85. The normalized spacial score (nSPS) is 33.5. The number of halogens is 1. The van der Waals surface area contributed by atoms with Crippen molar-refractivity contribution in [2.45, 2.75) is 44.6 Å². The van der Waals surface area contributed by atoms with Gasteiger partial charge in [-0.1, -0.05) is 26.2 Å². The van der Waals surface area contributed by atoms with Crippen molar-refractivity contribution in [1.29, 1.82) is 0 Å². The van der Waals surface area contributed by atoms with Gasteiger partial charge in [-0.2, -0.15) is 0 Å². The molecule has 1 rings (SSSR count). The molecule has 1 aliphatic rings. The monoisotopic (exact) mass is 207 g/mol. The van der Waals surface area contributed by atoms with Crippen LogP contribution in [0.5, 0.6) is 0 Å². The molecule has 0 radical (unpaired) electrons. The lowest BCUT2D eigenvalue weighted by molar-refractivity contribution is -0.147. The van der Waals surface area contributed by atoms with E-state index in [0.29, 0.717) is 6.42 Å². The summed E-state index contributed by atoms with van der Waals surface area (Å²) in [6.07, 6.45) is 4.58. The van der Waals surface area contributed by atoms with Gasteiger partial charge in [0.25, 0.3) is 0 Å². The summed E-state index contributed by atoms with van der Waals surface area (Å²) in [5.74, 6) is -0.655. The van der Waals surface area contributed by atoms with Crippen LogP contribution in [0.2, 0.25) is 0 Å². The molecule has 1 saturated carbocycles. The Morgan fingerprint density at radius 3 is 2.62 bits per heavy atom. The average Bonchev–Trinajstić information content (AvgIpc) is 2.05. The summed E-state index contributed by atoms with van der Waals surface area (Å²) in [5.41, 5.74) is 4.92. The van der Waals surface area contributed by atoms with E-state index in [1.807, 2.05) is 6.92 Å². The Balaban J connectivity index is 0.00000144. The maximum absolute atomic E-state index is 10.9. The van der Waals surface area contributed by atoms with E-state index in [9.17, 15) is 4.79 Å². The third kappa shape index (κ3) is 2.35. The minimum atomic E-state index is -0.938. The molecule has 0 spiro atoms. The van der Waals surface area contributed by atoms with Gasteiger partial charge in [-0.3, -0.25) is 4.79 Å². The van der Waals surface area contributed by atoms with E-state index in [1.165, 1.54) is 0 Å². The Labute approximate surface area is 85.1 Å². The van der Waals surface area contributed by atoms with Crippen LogP contribution < -0.4 is 5.73 Å². The van der Waals surface area contributed by atoms with Crippen LogP contribution in [0.4, 0.5) is 0 Å². The molecule has 78 valence electrons. The molecule has 0 aromatic rings. The van der Waals surface area contributed by atoms with E-state index >= 15 is 0 Å². The first-order valence-electron chi connectivity index (χ1n) is 4.63. The average molecular weight is 208 g/mol. The molecule has 2 unspecified atom stereocenters. The molecule has 0 aliphatic heterocycles. The van der Waals surface area contributed by atoms with Crippen LogP contribution in [0, 0.1) is 5.92 Å². The number of hydrogen-bond donors (Lipinski definition) is 2. The fourth-order valence-electron chi connectivity index (χ4n) is 2.12. The van der Waals surface area contributed by atoms with E-state index in [0.717, 1.165) is 25.7 Å². The molecule has 4 heteroatoms. The number of rotatable bonds is 2. The Hall–Kier alpha value is -0.280. The highest BCUT2D eigenvalue weighted by Gasteiger charge is 2.42. The molecule has 0 aromatic carbocycles. The van der Waals surface area contributed by atoms with Crippen LogP contribution in [0.3, 0.4) is 0 Å². The van der Waals surface area contributed by atoms with Gasteiger partial charge in [0.15, 0.2) is 0 Å². The zero-order valence-electron chi connectivity index (χ0n) is 7.95. The summed E-state index contributed by atoms with van der Waals surface area (Å²) in [6, 6.07) is 0. The van der Waals surface area contributed by atoms with Gasteiger partial charge in [0.1, 0.15) is 5.54 Å². The van der Waals surface area contributed by atoms with Gasteiger partial charge in [-0.25, -0.2) is 0 Å². The molecule has 0 amide bonds. The summed E-state index contributed by atoms with van der Waals surface area (Å²) in [7, 11) is 0. The summed E-state index contributed by atoms with van der Waals surface area (Å²) >= 11 is 0. The first-order chi connectivity index (χ1) is 5.61. The summed E-state index contributed by atoms with van der Waals surface area (Å²) in [5, 5.41) is 8.97. The van der Waals surface area contributed by atoms with Crippen molar-refractivity contribution < 1.29 is 9.90 Å². The van der Waals surface area contributed by atoms with E-state index in [1.54, 1.807) is 0 Å². The third-order valence-corrected chi connectivity index (χ3v) is 3.01. The van der Waals surface area contributed by atoms with E-state index in [-0.39, 0.29) is 18.3 Å². The summed E-state index contributed by atoms with van der Waals surface area (Å²) < 4.78 is 0. The van der Waals surface area contributed by atoms with E-state index in [2.05, 4.69) is 0 Å². The smallest absolute Gasteiger partial charge is 0.323 e. The number of aliphatic carboxylic acids is 1. The quantitative estimate of drug-likeness (QED) is 0.726. The van der Waals surface area contributed by atoms with Gasteiger partial charge in [-0.15, -0.1) is 12.4 Å². The SMILES string of the molecule is CCC1CCCCC1(N)C(=O)O.Cl. The molecule has 0 heterocycles. The number of hydrogen-bond acceptors (Lipinski definition) is 2. The molecule has 3 N–H and O–H groups in total. The van der Waals surface area contributed by atoms with Crippen molar-refractivity contribution in [2.75, 3.05) is 0 Å². The zero-order chi connectivity index (χ0) is 9.19. The van der Waals surface area contributed by atoms with Crippen molar-refractivity contribution in [3.8, 4) is 0 Å². The van der Waals surface area contributed by atoms with Crippen LogP contribution in [-0.2, 0) is 4.79 Å². The molecular weight excluding hydrogens is 190 g/mol. The van der Waals surface area contributed by atoms with Crippen molar-refractivity contribution in [3.63, 3.8) is 0 Å².